The van der Waals surface area contributed by atoms with E-state index in [4.69, 9.17) is 10.5 Å². The van der Waals surface area contributed by atoms with Crippen LogP contribution < -0.4 is 11.1 Å². The maximum atomic E-state index is 12.9. The molecule has 0 atom stereocenters. The fraction of sp³-hybridized carbons (Fsp3) is 0.176. The van der Waals surface area contributed by atoms with Crippen molar-refractivity contribution in [3.63, 3.8) is 0 Å². The van der Waals surface area contributed by atoms with Gasteiger partial charge in [-0.2, -0.15) is 0 Å². The third kappa shape index (κ3) is 5.10. The molecule has 0 saturated carbocycles. The molecule has 3 N–H and O–H groups in total. The fourth-order valence-corrected chi connectivity index (χ4v) is 1.97. The molecule has 1 amide bonds. The van der Waals surface area contributed by atoms with E-state index in [0.29, 0.717) is 13.0 Å². The predicted molar refractivity (Wildman–Crippen MR) is 84.3 cm³/mol. The molecule has 120 valence electrons. The van der Waals surface area contributed by atoms with Crippen molar-refractivity contribution < 1.29 is 18.7 Å². The van der Waals surface area contributed by atoms with Crippen molar-refractivity contribution in [2.45, 2.75) is 6.42 Å². The summed E-state index contributed by atoms with van der Waals surface area (Å²) in [6.45, 7) is 0.0313. The Bertz CT molecular complexity index is 689. The van der Waals surface area contributed by atoms with Crippen LogP contribution in [0.1, 0.15) is 15.9 Å². The molecule has 0 fully saturated rings. The van der Waals surface area contributed by atoms with E-state index >= 15 is 0 Å². The van der Waals surface area contributed by atoms with Crippen LogP contribution in [0.4, 0.5) is 10.1 Å². The number of nitrogen functional groups attached to an aromatic ring is 1. The van der Waals surface area contributed by atoms with Crippen molar-refractivity contribution >= 4 is 17.6 Å². The van der Waals surface area contributed by atoms with E-state index < -0.39 is 24.3 Å². The molecule has 0 aliphatic heterocycles. The number of benzene rings is 2. The molecule has 0 saturated heterocycles. The number of hydrogen-bond acceptors (Lipinski definition) is 4. The van der Waals surface area contributed by atoms with Gasteiger partial charge < -0.3 is 15.8 Å². The van der Waals surface area contributed by atoms with Crippen LogP contribution in [0.3, 0.4) is 0 Å². The normalized spacial score (nSPS) is 10.1. The van der Waals surface area contributed by atoms with Gasteiger partial charge in [0.15, 0.2) is 6.61 Å². The number of halogens is 1. The van der Waals surface area contributed by atoms with Crippen molar-refractivity contribution in [1.82, 2.24) is 5.32 Å². The Morgan fingerprint density at radius 2 is 1.87 bits per heavy atom. The number of ether oxygens (including phenoxy) is 1. The van der Waals surface area contributed by atoms with E-state index in [0.717, 1.165) is 17.7 Å². The summed E-state index contributed by atoms with van der Waals surface area (Å²) in [5.74, 6) is -1.71. The first kappa shape index (κ1) is 16.5. The van der Waals surface area contributed by atoms with Crippen LogP contribution in [0, 0.1) is 5.82 Å². The Hall–Kier alpha value is -2.89. The van der Waals surface area contributed by atoms with E-state index in [9.17, 15) is 14.0 Å². The van der Waals surface area contributed by atoms with E-state index in [-0.39, 0.29) is 11.3 Å². The molecular weight excluding hydrogens is 299 g/mol. The minimum atomic E-state index is -0.763. The van der Waals surface area contributed by atoms with Gasteiger partial charge in [0.1, 0.15) is 5.82 Å². The molecule has 0 aliphatic rings. The third-order valence-electron chi connectivity index (χ3n) is 3.15. The minimum absolute atomic E-state index is 0.0283. The lowest BCUT2D eigenvalue weighted by atomic mass is 10.1. The van der Waals surface area contributed by atoms with E-state index in [1.54, 1.807) is 0 Å². The van der Waals surface area contributed by atoms with Gasteiger partial charge >= 0.3 is 5.97 Å². The average molecular weight is 316 g/mol. The Kier molecular flexibility index (Phi) is 5.68. The summed E-state index contributed by atoms with van der Waals surface area (Å²) in [5, 5.41) is 2.65. The van der Waals surface area contributed by atoms with Crippen LogP contribution >= 0.6 is 0 Å². The van der Waals surface area contributed by atoms with Crippen molar-refractivity contribution in [2.75, 3.05) is 18.9 Å². The topological polar surface area (TPSA) is 81.4 Å². The highest BCUT2D eigenvalue weighted by molar-refractivity contribution is 5.96. The number of nitrogens with two attached hydrogens (primary N) is 1. The van der Waals surface area contributed by atoms with E-state index in [1.165, 1.54) is 6.07 Å². The zero-order valence-electron chi connectivity index (χ0n) is 12.4. The quantitative estimate of drug-likeness (QED) is 0.630. The van der Waals surface area contributed by atoms with Crippen LogP contribution in [0.2, 0.25) is 0 Å². The molecule has 2 rings (SSSR count). The number of carbonyl (C=O) groups excluding carboxylic acids is 2. The zero-order valence-corrected chi connectivity index (χ0v) is 12.4. The van der Waals surface area contributed by atoms with Gasteiger partial charge in [-0.15, -0.1) is 0 Å². The number of esters is 1. The Morgan fingerprint density at radius 3 is 2.57 bits per heavy atom. The van der Waals surface area contributed by atoms with Gasteiger partial charge in [0, 0.05) is 12.2 Å². The first-order chi connectivity index (χ1) is 11.1. The fourth-order valence-electron chi connectivity index (χ4n) is 1.97. The molecule has 2 aromatic rings. The second-order valence-corrected chi connectivity index (χ2v) is 4.89. The van der Waals surface area contributed by atoms with Gasteiger partial charge in [-0.05, 0) is 30.2 Å². The van der Waals surface area contributed by atoms with E-state index in [1.807, 2.05) is 30.3 Å². The number of amides is 1. The second kappa shape index (κ2) is 7.93. The monoisotopic (exact) mass is 316 g/mol. The summed E-state index contributed by atoms with van der Waals surface area (Å²) in [6.07, 6.45) is 0.686. The van der Waals surface area contributed by atoms with Gasteiger partial charge in [0.05, 0.1) is 5.56 Å². The van der Waals surface area contributed by atoms with Crippen LogP contribution in [0.15, 0.2) is 48.5 Å². The number of nitrogens with one attached hydrogen (secondary N) is 1. The number of rotatable bonds is 6. The summed E-state index contributed by atoms with van der Waals surface area (Å²) in [4.78, 5) is 23.4. The maximum Gasteiger partial charge on any atom is 0.340 e. The highest BCUT2D eigenvalue weighted by Gasteiger charge is 2.13. The predicted octanol–water partition coefficient (Wildman–Crippen LogP) is 1.92. The molecule has 2 aromatic carbocycles. The molecule has 23 heavy (non-hydrogen) atoms. The van der Waals surface area contributed by atoms with Crippen LogP contribution in [0.5, 0.6) is 0 Å². The first-order valence-corrected chi connectivity index (χ1v) is 7.09. The lowest BCUT2D eigenvalue weighted by molar-refractivity contribution is -0.124. The second-order valence-electron chi connectivity index (χ2n) is 4.89. The molecule has 0 heterocycles. The third-order valence-corrected chi connectivity index (χ3v) is 3.15. The lowest BCUT2D eigenvalue weighted by Gasteiger charge is -2.08. The zero-order chi connectivity index (χ0) is 16.7. The number of anilines is 1. The molecule has 0 aliphatic carbocycles. The molecule has 0 radical (unpaired) electrons. The van der Waals surface area contributed by atoms with Crippen LogP contribution in [-0.2, 0) is 16.0 Å². The Labute approximate surface area is 133 Å². The summed E-state index contributed by atoms with van der Waals surface area (Å²) in [5.41, 5.74) is 6.64. The van der Waals surface area contributed by atoms with Crippen LogP contribution in [0.25, 0.3) is 0 Å². The smallest absolute Gasteiger partial charge is 0.340 e. The minimum Gasteiger partial charge on any atom is -0.452 e. The average Bonchev–Trinajstić information content (AvgIpc) is 2.53. The largest absolute Gasteiger partial charge is 0.452 e. The summed E-state index contributed by atoms with van der Waals surface area (Å²) >= 11 is 0. The van der Waals surface area contributed by atoms with Crippen molar-refractivity contribution in [2.24, 2.45) is 0 Å². The number of hydrogen-bond donors (Lipinski definition) is 2. The summed E-state index contributed by atoms with van der Waals surface area (Å²) in [7, 11) is 0. The van der Waals surface area contributed by atoms with Gasteiger partial charge in [-0.1, -0.05) is 30.3 Å². The molecule has 0 spiro atoms. The standard InChI is InChI=1S/C17H17FN2O3/c18-13-6-7-14(15(19)10-13)17(22)23-11-16(21)20-9-8-12-4-2-1-3-5-12/h1-7,10H,8-9,11,19H2,(H,20,21). The van der Waals surface area contributed by atoms with Gasteiger partial charge in [-0.25, -0.2) is 9.18 Å². The van der Waals surface area contributed by atoms with E-state index in [2.05, 4.69) is 5.32 Å². The highest BCUT2D eigenvalue weighted by Crippen LogP contribution is 2.14. The highest BCUT2D eigenvalue weighted by atomic mass is 19.1. The molecular formula is C17H17FN2O3. The van der Waals surface area contributed by atoms with Gasteiger partial charge in [-0.3, -0.25) is 4.79 Å². The number of carbonyl (C=O) groups is 2. The van der Waals surface area contributed by atoms with Gasteiger partial charge in [0.2, 0.25) is 0 Å². The van der Waals surface area contributed by atoms with Crippen molar-refractivity contribution in [3.8, 4) is 0 Å². The molecule has 0 bridgehead atoms. The molecule has 0 unspecified atom stereocenters. The first-order valence-electron chi connectivity index (χ1n) is 7.09. The SMILES string of the molecule is Nc1cc(F)ccc1C(=O)OCC(=O)NCCc1ccccc1. The van der Waals surface area contributed by atoms with Crippen molar-refractivity contribution in [3.05, 3.63) is 65.5 Å². The Morgan fingerprint density at radius 1 is 1.13 bits per heavy atom. The lowest BCUT2D eigenvalue weighted by Crippen LogP contribution is -2.30. The molecule has 5 nitrogen and oxygen atoms in total. The molecule has 6 heteroatoms. The summed E-state index contributed by atoms with van der Waals surface area (Å²) < 4.78 is 17.8. The summed E-state index contributed by atoms with van der Waals surface area (Å²) in [6, 6.07) is 13.0. The van der Waals surface area contributed by atoms with Crippen LogP contribution in [-0.4, -0.2) is 25.0 Å². The molecule has 0 aromatic heterocycles. The van der Waals surface area contributed by atoms with Crippen molar-refractivity contribution in [1.29, 1.82) is 0 Å². The Balaban J connectivity index is 1.74. The maximum absolute atomic E-state index is 12.9. The van der Waals surface area contributed by atoms with Gasteiger partial charge in [0.25, 0.3) is 5.91 Å².